The maximum atomic E-state index is 12.8. The third kappa shape index (κ3) is 2.44. The van der Waals surface area contributed by atoms with Crippen molar-refractivity contribution in [1.29, 1.82) is 0 Å². The average Bonchev–Trinajstić information content (AvgIpc) is 2.50. The van der Waals surface area contributed by atoms with Crippen molar-refractivity contribution < 1.29 is 14.4 Å². The Bertz CT molecular complexity index is 700. The van der Waals surface area contributed by atoms with Gasteiger partial charge < -0.3 is 4.90 Å². The number of carbonyl (C=O) groups excluding carboxylic acids is 3. The number of fused-ring (bicyclic) bond motifs is 1. The Morgan fingerprint density at radius 1 is 1.05 bits per heavy atom. The van der Waals surface area contributed by atoms with E-state index in [0.717, 1.165) is 13.0 Å². The van der Waals surface area contributed by atoms with Gasteiger partial charge in [0.25, 0.3) is 0 Å². The van der Waals surface area contributed by atoms with Gasteiger partial charge in [0.15, 0.2) is 11.6 Å². The van der Waals surface area contributed by atoms with Crippen LogP contribution in [-0.2, 0) is 4.79 Å². The highest BCUT2D eigenvalue weighted by atomic mass is 16.1. The van der Waals surface area contributed by atoms with E-state index in [9.17, 15) is 14.4 Å². The van der Waals surface area contributed by atoms with Gasteiger partial charge in [-0.2, -0.15) is 0 Å². The summed E-state index contributed by atoms with van der Waals surface area (Å²) in [5, 5.41) is 0. The first kappa shape index (κ1) is 14.9. The highest BCUT2D eigenvalue weighted by molar-refractivity contribution is 6.28. The topological polar surface area (TPSA) is 54.5 Å². The van der Waals surface area contributed by atoms with Crippen molar-refractivity contribution in [2.75, 3.05) is 20.6 Å². The Morgan fingerprint density at radius 2 is 1.68 bits per heavy atom. The molecule has 3 rings (SSSR count). The van der Waals surface area contributed by atoms with Crippen LogP contribution in [0.25, 0.3) is 0 Å². The SMILES string of the molecule is CN(C)CCC1CC(=O)CC2=C1C(=O)c1ccccc1C2=O. The lowest BCUT2D eigenvalue weighted by atomic mass is 9.71. The zero-order valence-electron chi connectivity index (χ0n) is 12.9. The third-order valence-electron chi connectivity index (χ3n) is 4.44. The van der Waals surface area contributed by atoms with E-state index in [2.05, 4.69) is 0 Å². The molecule has 0 spiro atoms. The number of rotatable bonds is 3. The molecule has 2 aliphatic rings. The van der Waals surface area contributed by atoms with Crippen LogP contribution in [0.15, 0.2) is 35.4 Å². The van der Waals surface area contributed by atoms with Gasteiger partial charge in [-0.05, 0) is 33.0 Å². The van der Waals surface area contributed by atoms with Crippen LogP contribution in [0.4, 0.5) is 0 Å². The molecule has 0 aliphatic heterocycles. The maximum absolute atomic E-state index is 12.8. The van der Waals surface area contributed by atoms with Gasteiger partial charge in [-0.3, -0.25) is 14.4 Å². The van der Waals surface area contributed by atoms with Crippen LogP contribution in [-0.4, -0.2) is 42.9 Å². The van der Waals surface area contributed by atoms with Crippen molar-refractivity contribution in [3.63, 3.8) is 0 Å². The van der Waals surface area contributed by atoms with Gasteiger partial charge in [0.05, 0.1) is 0 Å². The summed E-state index contributed by atoms with van der Waals surface area (Å²) < 4.78 is 0. The predicted octanol–water partition coefficient (Wildman–Crippen LogP) is 2.29. The van der Waals surface area contributed by atoms with E-state index in [0.29, 0.717) is 28.7 Å². The fourth-order valence-electron chi connectivity index (χ4n) is 3.36. The van der Waals surface area contributed by atoms with Crippen molar-refractivity contribution in [3.05, 3.63) is 46.5 Å². The molecule has 4 nitrogen and oxygen atoms in total. The van der Waals surface area contributed by atoms with Crippen LogP contribution in [0.5, 0.6) is 0 Å². The van der Waals surface area contributed by atoms with Gasteiger partial charge in [0.2, 0.25) is 0 Å². The summed E-state index contributed by atoms with van der Waals surface area (Å²) in [5.74, 6) is -0.291. The summed E-state index contributed by atoms with van der Waals surface area (Å²) in [4.78, 5) is 39.5. The smallest absolute Gasteiger partial charge is 0.190 e. The first-order valence-corrected chi connectivity index (χ1v) is 7.57. The molecule has 1 aromatic rings. The van der Waals surface area contributed by atoms with Crippen molar-refractivity contribution in [1.82, 2.24) is 4.90 Å². The third-order valence-corrected chi connectivity index (χ3v) is 4.44. The van der Waals surface area contributed by atoms with Gasteiger partial charge in [-0.1, -0.05) is 24.3 Å². The molecule has 0 saturated heterocycles. The maximum Gasteiger partial charge on any atom is 0.190 e. The molecule has 0 amide bonds. The normalized spacial score (nSPS) is 21.2. The molecule has 0 radical (unpaired) electrons. The Kier molecular flexibility index (Phi) is 3.79. The van der Waals surface area contributed by atoms with E-state index in [1.54, 1.807) is 24.3 Å². The number of Topliss-reactive ketones (excluding diaryl/α,β-unsaturated/α-hetero) is 3. The average molecular weight is 297 g/mol. The number of ketones is 3. The van der Waals surface area contributed by atoms with E-state index >= 15 is 0 Å². The fraction of sp³-hybridized carbons (Fsp3) is 0.389. The van der Waals surface area contributed by atoms with Crippen LogP contribution in [0.2, 0.25) is 0 Å². The quantitative estimate of drug-likeness (QED) is 0.859. The molecule has 4 heteroatoms. The molecular weight excluding hydrogens is 278 g/mol. The molecule has 0 aromatic heterocycles. The van der Waals surface area contributed by atoms with E-state index < -0.39 is 0 Å². The number of hydrogen-bond donors (Lipinski definition) is 0. The minimum absolute atomic E-state index is 0.0584. The lowest BCUT2D eigenvalue weighted by Crippen LogP contribution is -2.33. The molecule has 0 heterocycles. The largest absolute Gasteiger partial charge is 0.309 e. The number of nitrogens with zero attached hydrogens (tertiary/aromatic N) is 1. The van der Waals surface area contributed by atoms with Crippen LogP contribution in [0.1, 0.15) is 40.0 Å². The second-order valence-electron chi connectivity index (χ2n) is 6.30. The standard InChI is InChI=1S/C18H19NO3/c1-19(2)8-7-11-9-12(20)10-15-16(11)18(22)14-6-4-3-5-13(14)17(15)21/h3-6,11H,7-10H2,1-2H3. The van der Waals surface area contributed by atoms with Gasteiger partial charge in [0.1, 0.15) is 5.78 Å². The summed E-state index contributed by atoms with van der Waals surface area (Å²) in [6, 6.07) is 6.91. The van der Waals surface area contributed by atoms with Crippen molar-refractivity contribution in [3.8, 4) is 0 Å². The molecule has 22 heavy (non-hydrogen) atoms. The number of hydrogen-bond acceptors (Lipinski definition) is 4. The van der Waals surface area contributed by atoms with Crippen LogP contribution < -0.4 is 0 Å². The second-order valence-corrected chi connectivity index (χ2v) is 6.30. The molecule has 1 unspecified atom stereocenters. The Labute approximate surface area is 129 Å². The molecule has 1 aromatic carbocycles. The monoisotopic (exact) mass is 297 g/mol. The number of allylic oxidation sites excluding steroid dienone is 2. The van der Waals surface area contributed by atoms with Crippen LogP contribution in [0, 0.1) is 5.92 Å². The van der Waals surface area contributed by atoms with Gasteiger partial charge in [-0.25, -0.2) is 0 Å². The van der Waals surface area contributed by atoms with E-state index in [1.807, 2.05) is 19.0 Å². The Hall–Kier alpha value is -2.07. The fourth-order valence-corrected chi connectivity index (χ4v) is 3.36. The van der Waals surface area contributed by atoms with Gasteiger partial charge in [0, 0.05) is 35.1 Å². The number of carbonyl (C=O) groups is 3. The molecule has 0 bridgehead atoms. The summed E-state index contributed by atoms with van der Waals surface area (Å²) in [6.45, 7) is 0.790. The molecule has 114 valence electrons. The lowest BCUT2D eigenvalue weighted by Gasteiger charge is -2.31. The zero-order chi connectivity index (χ0) is 15.9. The molecule has 0 N–H and O–H groups in total. The summed E-state index contributed by atoms with van der Waals surface area (Å²) >= 11 is 0. The summed E-state index contributed by atoms with van der Waals surface area (Å²) in [5.41, 5.74) is 1.94. The molecule has 0 saturated carbocycles. The van der Waals surface area contributed by atoms with E-state index in [1.165, 1.54) is 0 Å². The first-order valence-electron chi connectivity index (χ1n) is 7.57. The summed E-state index contributed by atoms with van der Waals surface area (Å²) in [6.07, 6.45) is 1.19. The first-order chi connectivity index (χ1) is 10.5. The lowest BCUT2D eigenvalue weighted by molar-refractivity contribution is -0.119. The molecule has 0 fully saturated rings. The number of benzene rings is 1. The predicted molar refractivity (Wildman–Crippen MR) is 83.0 cm³/mol. The Balaban J connectivity index is 2.05. The molecule has 1 atom stereocenters. The highest BCUT2D eigenvalue weighted by Gasteiger charge is 2.39. The molecular formula is C18H19NO3. The van der Waals surface area contributed by atoms with Crippen LogP contribution in [0.3, 0.4) is 0 Å². The molecule has 2 aliphatic carbocycles. The zero-order valence-corrected chi connectivity index (χ0v) is 12.9. The summed E-state index contributed by atoms with van der Waals surface area (Å²) in [7, 11) is 3.92. The van der Waals surface area contributed by atoms with Crippen molar-refractivity contribution >= 4 is 17.3 Å². The van der Waals surface area contributed by atoms with E-state index in [-0.39, 0.29) is 29.7 Å². The van der Waals surface area contributed by atoms with Gasteiger partial charge >= 0.3 is 0 Å². The van der Waals surface area contributed by atoms with Crippen LogP contribution >= 0.6 is 0 Å². The highest BCUT2D eigenvalue weighted by Crippen LogP contribution is 2.38. The minimum atomic E-state index is -0.145. The van der Waals surface area contributed by atoms with Crippen molar-refractivity contribution in [2.45, 2.75) is 19.3 Å². The van der Waals surface area contributed by atoms with E-state index in [4.69, 9.17) is 0 Å². The Morgan fingerprint density at radius 3 is 2.32 bits per heavy atom. The van der Waals surface area contributed by atoms with Gasteiger partial charge in [-0.15, -0.1) is 0 Å². The van der Waals surface area contributed by atoms with Crippen molar-refractivity contribution in [2.24, 2.45) is 5.92 Å². The minimum Gasteiger partial charge on any atom is -0.309 e. The second kappa shape index (κ2) is 5.61.